The molecule has 1 aromatic rings. The third kappa shape index (κ3) is 9.70. The van der Waals surface area contributed by atoms with E-state index in [1.807, 2.05) is 31.2 Å². The Morgan fingerprint density at radius 2 is 2.10 bits per heavy atom. The molecule has 1 saturated heterocycles. The highest BCUT2D eigenvalue weighted by Crippen LogP contribution is 2.22. The number of aliphatic imine (C=N–C) groups is 1. The number of nitrogens with one attached hydrogen (secondary N) is 2. The van der Waals surface area contributed by atoms with Crippen molar-refractivity contribution in [3.05, 3.63) is 42.5 Å². The van der Waals surface area contributed by atoms with Crippen molar-refractivity contribution in [2.45, 2.75) is 26.1 Å². The molecule has 0 spiro atoms. The Hall–Kier alpha value is -1.49. The van der Waals surface area contributed by atoms with Gasteiger partial charge in [0, 0.05) is 25.2 Å². The minimum Gasteiger partial charge on any atom is -0.489 e. The van der Waals surface area contributed by atoms with E-state index in [1.54, 1.807) is 6.08 Å². The lowest BCUT2D eigenvalue weighted by Gasteiger charge is -2.18. The van der Waals surface area contributed by atoms with Crippen LogP contribution in [-0.2, 0) is 6.54 Å². The average Bonchev–Trinajstić information content (AvgIpc) is 3.08. The molecule has 2 rings (SSSR count). The van der Waals surface area contributed by atoms with Gasteiger partial charge in [-0.05, 0) is 31.9 Å². The zero-order valence-corrected chi connectivity index (χ0v) is 19.0. The lowest BCUT2D eigenvalue weighted by Crippen LogP contribution is -2.40. The van der Waals surface area contributed by atoms with Gasteiger partial charge in [-0.25, -0.2) is 4.99 Å². The molecule has 0 bridgehead atoms. The van der Waals surface area contributed by atoms with Crippen LogP contribution in [0.5, 0.6) is 5.75 Å². The van der Waals surface area contributed by atoms with Crippen LogP contribution in [0.15, 0.2) is 41.9 Å². The molecule has 0 radical (unpaired) electrons. The van der Waals surface area contributed by atoms with E-state index in [9.17, 15) is 13.2 Å². The molecule has 1 heterocycles. The van der Waals surface area contributed by atoms with Gasteiger partial charge in [0.25, 0.3) is 0 Å². The van der Waals surface area contributed by atoms with E-state index < -0.39 is 12.7 Å². The monoisotopic (exact) mass is 526 g/mol. The molecule has 29 heavy (non-hydrogen) atoms. The molecule has 0 amide bonds. The summed E-state index contributed by atoms with van der Waals surface area (Å²) in [4.78, 5) is 6.05. The van der Waals surface area contributed by atoms with Gasteiger partial charge in [-0.2, -0.15) is 13.2 Å². The molecule has 2 N–H and O–H groups in total. The van der Waals surface area contributed by atoms with Crippen LogP contribution < -0.4 is 15.4 Å². The summed E-state index contributed by atoms with van der Waals surface area (Å²) in [6, 6.07) is 7.68. The van der Waals surface area contributed by atoms with Crippen LogP contribution in [0.4, 0.5) is 13.2 Å². The predicted octanol–water partition coefficient (Wildman–Crippen LogP) is 3.81. The smallest absolute Gasteiger partial charge is 0.401 e. The number of hydrogen-bond donors (Lipinski definition) is 2. The molecule has 164 valence electrons. The van der Waals surface area contributed by atoms with Crippen molar-refractivity contribution in [2.24, 2.45) is 10.9 Å². The summed E-state index contributed by atoms with van der Waals surface area (Å²) >= 11 is 0. The average molecular weight is 526 g/mol. The van der Waals surface area contributed by atoms with Crippen LogP contribution in [0.2, 0.25) is 0 Å². The predicted molar refractivity (Wildman–Crippen MR) is 121 cm³/mol. The van der Waals surface area contributed by atoms with Crippen LogP contribution in [0.1, 0.15) is 18.9 Å². The zero-order chi connectivity index (χ0) is 20.4. The van der Waals surface area contributed by atoms with E-state index in [0.717, 1.165) is 17.7 Å². The molecule has 1 aliphatic heterocycles. The lowest BCUT2D eigenvalue weighted by atomic mass is 10.1. The highest BCUT2D eigenvalue weighted by atomic mass is 127. The quantitative estimate of drug-likeness (QED) is 0.223. The Labute approximate surface area is 187 Å². The SMILES string of the molecule is C=CCOc1ccccc1CN=C(NCC)NCC1CCN(CC(F)(F)F)C1.I. The third-order valence-corrected chi connectivity index (χ3v) is 4.41. The molecule has 9 heteroatoms. The maximum atomic E-state index is 12.5. The lowest BCUT2D eigenvalue weighted by molar-refractivity contribution is -0.143. The van der Waals surface area contributed by atoms with Crippen LogP contribution in [0, 0.1) is 5.92 Å². The molecule has 1 aromatic carbocycles. The fourth-order valence-electron chi connectivity index (χ4n) is 3.15. The van der Waals surface area contributed by atoms with Gasteiger partial charge in [-0.3, -0.25) is 4.90 Å². The number of rotatable bonds is 9. The highest BCUT2D eigenvalue weighted by Gasteiger charge is 2.34. The van der Waals surface area contributed by atoms with Gasteiger partial charge in [-0.15, -0.1) is 24.0 Å². The fourth-order valence-corrected chi connectivity index (χ4v) is 3.15. The van der Waals surface area contributed by atoms with Crippen LogP contribution in [-0.4, -0.2) is 56.4 Å². The summed E-state index contributed by atoms with van der Waals surface area (Å²) in [6.45, 7) is 7.87. The summed E-state index contributed by atoms with van der Waals surface area (Å²) in [5, 5.41) is 6.43. The number of nitrogens with zero attached hydrogens (tertiary/aromatic N) is 2. The first-order valence-electron chi connectivity index (χ1n) is 9.54. The summed E-state index contributed by atoms with van der Waals surface area (Å²) in [7, 11) is 0. The van der Waals surface area contributed by atoms with Crippen molar-refractivity contribution in [1.82, 2.24) is 15.5 Å². The topological polar surface area (TPSA) is 48.9 Å². The van der Waals surface area contributed by atoms with Gasteiger partial charge in [0.2, 0.25) is 0 Å². The molecule has 5 nitrogen and oxygen atoms in total. The van der Waals surface area contributed by atoms with Crippen LogP contribution in [0.3, 0.4) is 0 Å². The second kappa shape index (κ2) is 12.9. The first-order chi connectivity index (χ1) is 13.4. The number of halogens is 4. The Bertz CT molecular complexity index is 655. The van der Waals surface area contributed by atoms with Crippen molar-refractivity contribution in [1.29, 1.82) is 0 Å². The Morgan fingerprint density at radius 3 is 2.79 bits per heavy atom. The number of alkyl halides is 3. The van der Waals surface area contributed by atoms with E-state index >= 15 is 0 Å². The summed E-state index contributed by atoms with van der Waals surface area (Å²) in [5.41, 5.74) is 0.957. The van der Waals surface area contributed by atoms with E-state index in [0.29, 0.717) is 45.3 Å². The summed E-state index contributed by atoms with van der Waals surface area (Å²) in [6.07, 6.45) is -1.70. The molecule has 1 atom stereocenters. The van der Waals surface area contributed by atoms with Crippen molar-refractivity contribution in [3.63, 3.8) is 0 Å². The molecular weight excluding hydrogens is 496 g/mol. The number of hydrogen-bond acceptors (Lipinski definition) is 3. The van der Waals surface area contributed by atoms with E-state index in [1.165, 1.54) is 4.90 Å². The van der Waals surface area contributed by atoms with Crippen molar-refractivity contribution >= 4 is 29.9 Å². The maximum absolute atomic E-state index is 12.5. The van der Waals surface area contributed by atoms with Gasteiger partial charge in [-0.1, -0.05) is 30.9 Å². The van der Waals surface area contributed by atoms with Crippen molar-refractivity contribution in [2.75, 3.05) is 39.3 Å². The molecule has 0 saturated carbocycles. The number of benzene rings is 1. The standard InChI is InChI=1S/C20H29F3N4O.HI/c1-3-11-28-18-8-6-5-7-17(18)13-26-19(24-4-2)25-12-16-9-10-27(14-16)15-20(21,22)23;/h3,5-8,16H,1,4,9-15H2,2H3,(H2,24,25,26);1H. The zero-order valence-electron chi connectivity index (χ0n) is 16.7. The van der Waals surface area contributed by atoms with Gasteiger partial charge < -0.3 is 15.4 Å². The molecule has 0 aromatic heterocycles. The van der Waals surface area contributed by atoms with Gasteiger partial charge in [0.15, 0.2) is 5.96 Å². The van der Waals surface area contributed by atoms with Gasteiger partial charge >= 0.3 is 6.18 Å². The number of ether oxygens (including phenoxy) is 1. The highest BCUT2D eigenvalue weighted by molar-refractivity contribution is 14.0. The number of guanidine groups is 1. The number of para-hydroxylation sites is 1. The molecule has 1 unspecified atom stereocenters. The van der Waals surface area contributed by atoms with Crippen molar-refractivity contribution in [3.8, 4) is 5.75 Å². The molecular formula is C20H30F3IN4O. The molecule has 1 aliphatic rings. The summed E-state index contributed by atoms with van der Waals surface area (Å²) in [5.74, 6) is 1.59. The normalized spacial score (nSPS) is 17.5. The molecule has 1 fully saturated rings. The minimum absolute atomic E-state index is 0. The first kappa shape index (κ1) is 25.5. The molecule has 0 aliphatic carbocycles. The minimum atomic E-state index is -4.14. The van der Waals surface area contributed by atoms with Crippen LogP contribution in [0.25, 0.3) is 0 Å². The van der Waals surface area contributed by atoms with Gasteiger partial charge in [0.05, 0.1) is 13.1 Å². The second-order valence-electron chi connectivity index (χ2n) is 6.79. The first-order valence-corrected chi connectivity index (χ1v) is 9.54. The fraction of sp³-hybridized carbons (Fsp3) is 0.550. The van der Waals surface area contributed by atoms with Gasteiger partial charge in [0.1, 0.15) is 12.4 Å². The number of likely N-dealkylation sites (tertiary alicyclic amines) is 1. The van der Waals surface area contributed by atoms with Crippen LogP contribution >= 0.6 is 24.0 Å². The van der Waals surface area contributed by atoms with Crippen molar-refractivity contribution < 1.29 is 17.9 Å². The second-order valence-corrected chi connectivity index (χ2v) is 6.79. The largest absolute Gasteiger partial charge is 0.489 e. The Morgan fingerprint density at radius 1 is 1.34 bits per heavy atom. The van der Waals surface area contributed by atoms with E-state index in [2.05, 4.69) is 22.2 Å². The Balaban J connectivity index is 0.00000420. The summed E-state index contributed by atoms with van der Waals surface area (Å²) < 4.78 is 43.2. The Kier molecular flexibility index (Phi) is 11.4. The third-order valence-electron chi connectivity index (χ3n) is 4.41. The van der Waals surface area contributed by atoms with E-state index in [-0.39, 0.29) is 29.9 Å². The maximum Gasteiger partial charge on any atom is 0.401 e. The van der Waals surface area contributed by atoms with E-state index in [4.69, 9.17) is 4.74 Å².